The van der Waals surface area contributed by atoms with Crippen LogP contribution in [-0.4, -0.2) is 44.4 Å². The second-order valence-electron chi connectivity index (χ2n) is 9.34. The van der Waals surface area contributed by atoms with E-state index in [1.54, 1.807) is 7.11 Å². The van der Waals surface area contributed by atoms with E-state index in [2.05, 4.69) is 17.0 Å². The molecule has 0 aromatic heterocycles. The van der Waals surface area contributed by atoms with Crippen molar-refractivity contribution in [1.82, 2.24) is 4.90 Å². The minimum Gasteiger partial charge on any atom is -0.493 e. The monoisotopic (exact) mass is 481 g/mol. The Morgan fingerprint density at radius 1 is 1.06 bits per heavy atom. The Morgan fingerprint density at radius 2 is 1.76 bits per heavy atom. The molecule has 4 rings (SSSR count). The number of halogens is 4. The van der Waals surface area contributed by atoms with E-state index in [9.17, 15) is 13.2 Å². The van der Waals surface area contributed by atoms with Crippen LogP contribution in [0.15, 0.2) is 48.5 Å². The Kier molecular flexibility index (Phi) is 7.56. The van der Waals surface area contributed by atoms with Gasteiger partial charge in [-0.05, 0) is 74.2 Å². The number of methoxy groups -OCH3 is 1. The molecular formula is C26H31ClF3NO2. The van der Waals surface area contributed by atoms with Crippen molar-refractivity contribution in [1.29, 1.82) is 0 Å². The average molecular weight is 482 g/mol. The molecule has 1 saturated carbocycles. The van der Waals surface area contributed by atoms with Gasteiger partial charge >= 0.3 is 6.18 Å². The second-order valence-corrected chi connectivity index (χ2v) is 9.78. The van der Waals surface area contributed by atoms with Gasteiger partial charge in [-0.1, -0.05) is 30.2 Å². The van der Waals surface area contributed by atoms with Gasteiger partial charge in [0.15, 0.2) is 0 Å². The highest BCUT2D eigenvalue weighted by molar-refractivity contribution is 6.30. The Bertz CT molecular complexity index is 897. The lowest BCUT2D eigenvalue weighted by Crippen LogP contribution is -2.53. The maximum Gasteiger partial charge on any atom is 0.416 e. The summed E-state index contributed by atoms with van der Waals surface area (Å²) in [7, 11) is 1.80. The molecule has 2 aliphatic rings. The van der Waals surface area contributed by atoms with Gasteiger partial charge in [0, 0.05) is 36.6 Å². The van der Waals surface area contributed by atoms with E-state index < -0.39 is 11.7 Å². The van der Waals surface area contributed by atoms with Crippen LogP contribution < -0.4 is 4.74 Å². The fraction of sp³-hybridized carbons (Fsp3) is 0.538. The Balaban J connectivity index is 1.34. The van der Waals surface area contributed by atoms with Gasteiger partial charge in [-0.2, -0.15) is 13.2 Å². The third kappa shape index (κ3) is 5.67. The van der Waals surface area contributed by atoms with Crippen LogP contribution >= 0.6 is 11.6 Å². The lowest BCUT2D eigenvalue weighted by molar-refractivity contribution is -0.137. The first-order valence-electron chi connectivity index (χ1n) is 11.6. The van der Waals surface area contributed by atoms with Crippen molar-refractivity contribution >= 4 is 11.6 Å². The van der Waals surface area contributed by atoms with Crippen molar-refractivity contribution in [2.45, 2.75) is 49.8 Å². The number of ether oxygens (including phenoxy) is 2. The third-order valence-electron chi connectivity index (χ3n) is 7.26. The molecule has 1 saturated heterocycles. The highest BCUT2D eigenvalue weighted by Gasteiger charge is 2.46. The van der Waals surface area contributed by atoms with E-state index in [0.717, 1.165) is 62.5 Å². The van der Waals surface area contributed by atoms with E-state index in [-0.39, 0.29) is 11.5 Å². The summed E-state index contributed by atoms with van der Waals surface area (Å²) in [6.07, 6.45) is 1.32. The number of hydrogen-bond donors (Lipinski definition) is 0. The van der Waals surface area contributed by atoms with Crippen molar-refractivity contribution in [3.05, 3.63) is 64.7 Å². The second kappa shape index (κ2) is 10.2. The summed E-state index contributed by atoms with van der Waals surface area (Å²) < 4.78 is 50.1. The lowest BCUT2D eigenvalue weighted by atomic mass is 9.61. The van der Waals surface area contributed by atoms with Crippen molar-refractivity contribution in [3.8, 4) is 5.75 Å². The van der Waals surface area contributed by atoms with E-state index in [1.807, 2.05) is 12.1 Å². The minimum absolute atomic E-state index is 0.0308. The van der Waals surface area contributed by atoms with Gasteiger partial charge in [-0.3, -0.25) is 0 Å². The molecule has 0 radical (unpaired) electrons. The first kappa shape index (κ1) is 24.4. The van der Waals surface area contributed by atoms with E-state index in [4.69, 9.17) is 21.1 Å². The molecule has 33 heavy (non-hydrogen) atoms. The summed E-state index contributed by atoms with van der Waals surface area (Å²) in [6.45, 7) is 3.28. The van der Waals surface area contributed by atoms with Crippen molar-refractivity contribution in [3.63, 3.8) is 0 Å². The molecule has 1 unspecified atom stereocenters. The molecule has 2 aromatic rings. The van der Waals surface area contributed by atoms with Crippen LogP contribution in [-0.2, 0) is 16.3 Å². The van der Waals surface area contributed by atoms with Crippen molar-refractivity contribution in [2.75, 3.05) is 33.4 Å². The molecule has 1 aliphatic heterocycles. The van der Waals surface area contributed by atoms with Crippen LogP contribution in [0, 0.1) is 5.92 Å². The number of benzene rings is 2. The normalized spacial score (nSPS) is 21.9. The van der Waals surface area contributed by atoms with Crippen LogP contribution in [0.3, 0.4) is 0 Å². The summed E-state index contributed by atoms with van der Waals surface area (Å²) in [4.78, 5) is 2.45. The number of nitrogens with zero attached hydrogens (tertiary/aromatic N) is 1. The number of alkyl halides is 3. The lowest BCUT2D eigenvalue weighted by Gasteiger charge is -2.49. The zero-order chi connectivity index (χ0) is 23.5. The molecule has 0 amide bonds. The highest BCUT2D eigenvalue weighted by Crippen LogP contribution is 2.48. The molecule has 180 valence electrons. The number of hydrogen-bond acceptors (Lipinski definition) is 3. The van der Waals surface area contributed by atoms with Gasteiger partial charge in [0.1, 0.15) is 5.75 Å². The van der Waals surface area contributed by atoms with Gasteiger partial charge < -0.3 is 14.4 Å². The Hall–Kier alpha value is -1.76. The molecule has 2 atom stereocenters. The largest absolute Gasteiger partial charge is 0.493 e. The number of piperidine rings is 1. The summed E-state index contributed by atoms with van der Waals surface area (Å²) in [5.74, 6) is 0.817. The maximum absolute atomic E-state index is 12.7. The minimum atomic E-state index is -4.33. The standard InChI is InChI=1S/C26H31ClF3NO2/c1-32-24(25(13-3-14-25)20-5-9-22(27)10-6-20)17-31-15-2-4-19(16-31)18-33-23-11-7-21(8-12-23)26(28,29)30/h5-12,19,24H,2-4,13-18H2,1H3/t19?,24-/m1/s1. The van der Waals surface area contributed by atoms with E-state index in [0.29, 0.717) is 18.3 Å². The smallest absolute Gasteiger partial charge is 0.416 e. The number of rotatable bonds is 8. The number of likely N-dealkylation sites (tertiary alicyclic amines) is 1. The van der Waals surface area contributed by atoms with Gasteiger partial charge in [0.05, 0.1) is 18.3 Å². The van der Waals surface area contributed by atoms with E-state index >= 15 is 0 Å². The van der Waals surface area contributed by atoms with Crippen molar-refractivity contribution < 1.29 is 22.6 Å². The fourth-order valence-corrected chi connectivity index (χ4v) is 5.38. The van der Waals surface area contributed by atoms with Gasteiger partial charge in [0.25, 0.3) is 0 Å². The SMILES string of the molecule is CO[C@H](CN1CCCC(COc2ccc(C(F)(F)F)cc2)C1)C1(c2ccc(Cl)cc2)CCC1. The summed E-state index contributed by atoms with van der Waals surface area (Å²) in [5.41, 5.74) is 0.669. The summed E-state index contributed by atoms with van der Waals surface area (Å²) >= 11 is 6.11. The highest BCUT2D eigenvalue weighted by atomic mass is 35.5. The topological polar surface area (TPSA) is 21.7 Å². The Morgan fingerprint density at radius 3 is 2.33 bits per heavy atom. The summed E-state index contributed by atoms with van der Waals surface area (Å²) in [6, 6.07) is 13.1. The molecular weight excluding hydrogens is 451 g/mol. The van der Waals surface area contributed by atoms with Crippen LogP contribution in [0.5, 0.6) is 5.75 Å². The van der Waals surface area contributed by atoms with Crippen LogP contribution in [0.25, 0.3) is 0 Å². The first-order chi connectivity index (χ1) is 15.8. The predicted molar refractivity (Wildman–Crippen MR) is 124 cm³/mol. The molecule has 2 fully saturated rings. The third-order valence-corrected chi connectivity index (χ3v) is 7.51. The van der Waals surface area contributed by atoms with Gasteiger partial charge in [-0.25, -0.2) is 0 Å². The van der Waals surface area contributed by atoms with Crippen LogP contribution in [0.1, 0.15) is 43.2 Å². The molecule has 7 heteroatoms. The fourth-order valence-electron chi connectivity index (χ4n) is 5.25. The van der Waals surface area contributed by atoms with Crippen LogP contribution in [0.4, 0.5) is 13.2 Å². The molecule has 3 nitrogen and oxygen atoms in total. The Labute approximate surface area is 198 Å². The summed E-state index contributed by atoms with van der Waals surface area (Å²) in [5, 5.41) is 0.745. The van der Waals surface area contributed by atoms with Gasteiger partial charge in [-0.15, -0.1) is 0 Å². The molecule has 0 spiro atoms. The molecule has 1 heterocycles. The molecule has 0 bridgehead atoms. The predicted octanol–water partition coefficient (Wildman–Crippen LogP) is 6.59. The quantitative estimate of drug-likeness (QED) is 0.424. The van der Waals surface area contributed by atoms with Crippen LogP contribution in [0.2, 0.25) is 5.02 Å². The molecule has 1 aliphatic carbocycles. The van der Waals surface area contributed by atoms with Crippen molar-refractivity contribution in [2.24, 2.45) is 5.92 Å². The zero-order valence-electron chi connectivity index (χ0n) is 18.9. The maximum atomic E-state index is 12.7. The molecule has 2 aromatic carbocycles. The first-order valence-corrected chi connectivity index (χ1v) is 12.0. The average Bonchev–Trinajstić information content (AvgIpc) is 2.77. The van der Waals surface area contributed by atoms with Gasteiger partial charge in [0.2, 0.25) is 0 Å². The molecule has 0 N–H and O–H groups in total. The zero-order valence-corrected chi connectivity index (χ0v) is 19.7. The van der Waals surface area contributed by atoms with E-state index in [1.165, 1.54) is 24.1 Å².